The van der Waals surface area contributed by atoms with Crippen molar-refractivity contribution in [2.24, 2.45) is 9.98 Å². The second-order valence-electron chi connectivity index (χ2n) is 14.6. The minimum absolute atomic E-state index is 0.346. The van der Waals surface area contributed by atoms with Gasteiger partial charge in [0.05, 0.1) is 0 Å². The van der Waals surface area contributed by atoms with E-state index in [1.54, 1.807) is 0 Å². The third-order valence-corrected chi connectivity index (χ3v) is 11.1. The molecule has 1 N–H and O–H groups in total. The van der Waals surface area contributed by atoms with E-state index in [0.717, 1.165) is 61.2 Å². The van der Waals surface area contributed by atoms with Gasteiger partial charge in [0.15, 0.2) is 5.84 Å². The topological polar surface area (TPSA) is 49.9 Å². The van der Waals surface area contributed by atoms with Crippen LogP contribution in [0.2, 0.25) is 0 Å². The van der Waals surface area contributed by atoms with E-state index in [9.17, 15) is 0 Å². The van der Waals surface area contributed by atoms with Crippen LogP contribution in [0.5, 0.6) is 0 Å². The lowest BCUT2D eigenvalue weighted by Gasteiger charge is -2.24. The molecule has 1 unspecified atom stereocenters. The van der Waals surface area contributed by atoms with Crippen LogP contribution in [0, 0.1) is 0 Å². The molecule has 4 nitrogen and oxygen atoms in total. The van der Waals surface area contributed by atoms with E-state index in [2.05, 4.69) is 169 Å². The van der Waals surface area contributed by atoms with Gasteiger partial charge in [0.2, 0.25) is 0 Å². The average Bonchev–Trinajstić information content (AvgIpc) is 3.68. The van der Waals surface area contributed by atoms with Crippen LogP contribution in [0.25, 0.3) is 76.9 Å². The van der Waals surface area contributed by atoms with E-state index in [-0.39, 0.29) is 6.17 Å². The molecule has 4 heteroatoms. The van der Waals surface area contributed by atoms with Crippen molar-refractivity contribution in [3.63, 3.8) is 0 Å². The second kappa shape index (κ2) is 13.6. The first kappa shape index (κ1) is 32.8. The average molecular weight is 730 g/mol. The summed E-state index contributed by atoms with van der Waals surface area (Å²) in [5, 5.41) is 10.9. The summed E-state index contributed by atoms with van der Waals surface area (Å²) in [6, 6.07) is 70.6. The van der Waals surface area contributed by atoms with E-state index in [1.807, 2.05) is 36.4 Å². The molecular formula is C53H35N3O. The smallest absolute Gasteiger partial charge is 0.159 e. The van der Waals surface area contributed by atoms with Gasteiger partial charge in [-0.05, 0) is 90.8 Å². The summed E-state index contributed by atoms with van der Waals surface area (Å²) < 4.78 is 6.49. The van der Waals surface area contributed by atoms with Gasteiger partial charge in [-0.3, -0.25) is 0 Å². The summed E-state index contributed by atoms with van der Waals surface area (Å²) >= 11 is 0. The van der Waals surface area contributed by atoms with Crippen molar-refractivity contribution >= 4 is 55.2 Å². The Kier molecular flexibility index (Phi) is 7.85. The first-order valence-electron chi connectivity index (χ1n) is 19.3. The molecule has 1 aliphatic heterocycles. The van der Waals surface area contributed by atoms with Gasteiger partial charge in [-0.2, -0.15) is 0 Å². The van der Waals surface area contributed by atoms with E-state index in [0.29, 0.717) is 5.84 Å². The van der Waals surface area contributed by atoms with E-state index in [4.69, 9.17) is 14.4 Å². The monoisotopic (exact) mass is 729 g/mol. The molecular weight excluding hydrogens is 695 g/mol. The van der Waals surface area contributed by atoms with E-state index < -0.39 is 0 Å². The number of hydrogen-bond donors (Lipinski definition) is 1. The van der Waals surface area contributed by atoms with Crippen LogP contribution in [-0.4, -0.2) is 11.7 Å². The molecule has 0 spiro atoms. The molecule has 11 rings (SSSR count). The number of nitrogens with one attached hydrogen (secondary N) is 1. The van der Waals surface area contributed by atoms with Crippen LogP contribution in [0.1, 0.15) is 22.9 Å². The van der Waals surface area contributed by atoms with Crippen LogP contribution in [-0.2, 0) is 0 Å². The highest BCUT2D eigenvalue weighted by Crippen LogP contribution is 2.37. The third-order valence-electron chi connectivity index (χ3n) is 11.1. The van der Waals surface area contributed by atoms with Gasteiger partial charge >= 0.3 is 0 Å². The molecule has 10 aromatic rings. The second-order valence-corrected chi connectivity index (χ2v) is 14.6. The van der Waals surface area contributed by atoms with Gasteiger partial charge in [-0.15, -0.1) is 0 Å². The quantitative estimate of drug-likeness (QED) is 0.173. The summed E-state index contributed by atoms with van der Waals surface area (Å²) in [6.07, 6.45) is -0.346. The first-order chi connectivity index (χ1) is 28.2. The van der Waals surface area contributed by atoms with Gasteiger partial charge in [-0.1, -0.05) is 170 Å². The molecule has 2 heterocycles. The maximum absolute atomic E-state index is 6.49. The molecule has 1 aromatic heterocycles. The van der Waals surface area contributed by atoms with Gasteiger partial charge in [0, 0.05) is 21.9 Å². The molecule has 0 aliphatic carbocycles. The Labute approximate surface area is 330 Å². The van der Waals surface area contributed by atoms with Crippen molar-refractivity contribution in [1.29, 1.82) is 0 Å². The summed E-state index contributed by atoms with van der Waals surface area (Å²) in [7, 11) is 0. The lowest BCUT2D eigenvalue weighted by Crippen LogP contribution is -2.33. The third kappa shape index (κ3) is 5.96. The predicted molar refractivity (Wildman–Crippen MR) is 237 cm³/mol. The molecule has 0 radical (unpaired) electrons. The van der Waals surface area contributed by atoms with E-state index >= 15 is 0 Å². The fourth-order valence-corrected chi connectivity index (χ4v) is 8.24. The molecule has 1 atom stereocenters. The van der Waals surface area contributed by atoms with Crippen molar-refractivity contribution in [1.82, 2.24) is 5.32 Å². The molecule has 0 fully saturated rings. The van der Waals surface area contributed by atoms with Crippen molar-refractivity contribution in [3.8, 4) is 33.4 Å². The minimum atomic E-state index is -0.346. The minimum Gasteiger partial charge on any atom is -0.456 e. The first-order valence-corrected chi connectivity index (χ1v) is 19.3. The number of aliphatic imine (C=N–C) groups is 2. The molecule has 0 amide bonds. The maximum atomic E-state index is 6.49. The Morgan fingerprint density at radius 2 is 1.02 bits per heavy atom. The Morgan fingerprint density at radius 3 is 1.84 bits per heavy atom. The molecule has 0 saturated heterocycles. The molecule has 9 aromatic carbocycles. The fraction of sp³-hybridized carbons (Fsp3) is 0.0189. The van der Waals surface area contributed by atoms with Crippen LogP contribution in [0.15, 0.2) is 215 Å². The predicted octanol–water partition coefficient (Wildman–Crippen LogP) is 13.4. The zero-order valence-electron chi connectivity index (χ0n) is 30.9. The van der Waals surface area contributed by atoms with Crippen LogP contribution >= 0.6 is 0 Å². The fourth-order valence-electron chi connectivity index (χ4n) is 8.24. The zero-order valence-corrected chi connectivity index (χ0v) is 30.9. The molecule has 0 saturated carbocycles. The van der Waals surface area contributed by atoms with E-state index in [1.165, 1.54) is 38.2 Å². The Balaban J connectivity index is 0.968. The number of rotatable bonds is 6. The Bertz CT molecular complexity index is 3200. The van der Waals surface area contributed by atoms with Crippen LogP contribution in [0.3, 0.4) is 0 Å². The highest BCUT2D eigenvalue weighted by molar-refractivity contribution is 6.22. The molecule has 268 valence electrons. The summed E-state index contributed by atoms with van der Waals surface area (Å²) in [4.78, 5) is 10.3. The lowest BCUT2D eigenvalue weighted by molar-refractivity contribution is 0.668. The number of hydrogen-bond acceptors (Lipinski definition) is 4. The standard InChI is InChI=1S/C53H35N3O/c1-3-11-34(12-4-1)39-16-9-17-43(32-39)52-54-51(38-14-5-2-6-15-38)55-53(56-52)46-19-10-20-49-50(46)47-33-41(28-30-48(47)57-49)36-23-21-35(22-24-36)40-27-29-45-42(31-40)26-25-37-13-7-8-18-44(37)45/h1-33,52H,(H,54,55,56). The zero-order chi connectivity index (χ0) is 37.7. The molecule has 1 aliphatic rings. The van der Waals surface area contributed by atoms with Crippen molar-refractivity contribution in [3.05, 3.63) is 217 Å². The highest BCUT2D eigenvalue weighted by Gasteiger charge is 2.24. The van der Waals surface area contributed by atoms with Crippen molar-refractivity contribution in [2.45, 2.75) is 6.17 Å². The van der Waals surface area contributed by atoms with Crippen molar-refractivity contribution in [2.75, 3.05) is 0 Å². The SMILES string of the molecule is c1ccc(C2=NC(c3cccc(-c4ccccc4)c3)NC(c3cccc4oc5ccc(-c6ccc(-c7ccc8c(ccc9ccccc98)c7)cc6)cc5c34)=N2)cc1. The van der Waals surface area contributed by atoms with Crippen LogP contribution in [0.4, 0.5) is 0 Å². The highest BCUT2D eigenvalue weighted by atomic mass is 16.3. The van der Waals surface area contributed by atoms with Gasteiger partial charge in [0.25, 0.3) is 0 Å². The number of fused-ring (bicyclic) bond motifs is 6. The number of amidine groups is 2. The molecule has 0 bridgehead atoms. The van der Waals surface area contributed by atoms with Crippen LogP contribution < -0.4 is 5.32 Å². The summed E-state index contributed by atoms with van der Waals surface area (Å²) in [6.45, 7) is 0. The lowest BCUT2D eigenvalue weighted by atomic mass is 9.95. The Hall–Kier alpha value is -7.56. The van der Waals surface area contributed by atoms with Gasteiger partial charge in [0.1, 0.15) is 23.2 Å². The van der Waals surface area contributed by atoms with Gasteiger partial charge in [-0.25, -0.2) is 9.98 Å². The van der Waals surface area contributed by atoms with Crippen molar-refractivity contribution < 1.29 is 4.42 Å². The molecule has 57 heavy (non-hydrogen) atoms. The largest absolute Gasteiger partial charge is 0.456 e. The maximum Gasteiger partial charge on any atom is 0.159 e. The normalized spacial score (nSPS) is 14.1. The Morgan fingerprint density at radius 1 is 0.404 bits per heavy atom. The number of nitrogens with zero attached hydrogens (tertiary/aromatic N) is 2. The summed E-state index contributed by atoms with van der Waals surface area (Å²) in [5.74, 6) is 1.44. The number of furan rings is 1. The number of benzene rings is 9. The summed E-state index contributed by atoms with van der Waals surface area (Å²) in [5.41, 5.74) is 11.6. The van der Waals surface area contributed by atoms with Gasteiger partial charge < -0.3 is 9.73 Å².